The van der Waals surface area contributed by atoms with Crippen molar-refractivity contribution in [1.29, 1.82) is 0 Å². The number of carbonyl (C=O) groups is 1. The van der Waals surface area contributed by atoms with E-state index in [1.54, 1.807) is 13.0 Å². The van der Waals surface area contributed by atoms with Crippen LogP contribution in [0.25, 0.3) is 0 Å². The molecule has 9 heteroatoms. The van der Waals surface area contributed by atoms with Crippen LogP contribution in [0.3, 0.4) is 0 Å². The van der Waals surface area contributed by atoms with E-state index in [4.69, 9.17) is 0 Å². The molecule has 29 heavy (non-hydrogen) atoms. The van der Waals surface area contributed by atoms with Crippen molar-refractivity contribution < 1.29 is 9.18 Å². The minimum Gasteiger partial charge on any atom is -0.337 e. The molecule has 0 aliphatic heterocycles. The minimum atomic E-state index is -0.893. The lowest BCUT2D eigenvalue weighted by molar-refractivity contribution is -0.132. The van der Waals surface area contributed by atoms with E-state index >= 15 is 0 Å². The van der Waals surface area contributed by atoms with Crippen LogP contribution in [0.4, 0.5) is 4.39 Å². The number of allylic oxidation sites excluding steroid dienone is 2. The Morgan fingerprint density at radius 1 is 1.03 bits per heavy atom. The molecule has 8 nitrogen and oxygen atoms in total. The van der Waals surface area contributed by atoms with Gasteiger partial charge in [-0.25, -0.2) is 32.5 Å². The zero-order valence-corrected chi connectivity index (χ0v) is 16.2. The number of nitrogens with zero attached hydrogens (tertiary/aromatic N) is 4. The molecule has 1 amide bonds. The molecule has 0 radical (unpaired) electrons. The molecule has 0 spiro atoms. The van der Waals surface area contributed by atoms with E-state index in [1.807, 2.05) is 0 Å². The first-order chi connectivity index (χ1) is 13.8. The van der Waals surface area contributed by atoms with Gasteiger partial charge in [-0.1, -0.05) is 24.3 Å². The van der Waals surface area contributed by atoms with Crippen molar-refractivity contribution in [3.05, 3.63) is 92.4 Å². The number of likely N-dealkylation sites (N-methyl/N-ethyl adjacent to an activating group) is 1. The Morgan fingerprint density at radius 2 is 1.59 bits per heavy atom. The second-order valence-electron chi connectivity index (χ2n) is 6.27. The van der Waals surface area contributed by atoms with E-state index in [0.717, 1.165) is 9.13 Å². The van der Waals surface area contributed by atoms with Gasteiger partial charge in [0.25, 0.3) is 0 Å². The summed E-state index contributed by atoms with van der Waals surface area (Å²) in [6, 6.07) is 5.81. The van der Waals surface area contributed by atoms with Crippen molar-refractivity contribution in [3.8, 4) is 0 Å². The summed E-state index contributed by atoms with van der Waals surface area (Å²) in [6.45, 7) is 8.38. The maximum Gasteiger partial charge on any atom is 0.337 e. The highest BCUT2D eigenvalue weighted by Crippen LogP contribution is 2.07. The van der Waals surface area contributed by atoms with Crippen molar-refractivity contribution in [2.24, 2.45) is 0 Å². The second kappa shape index (κ2) is 9.63. The summed E-state index contributed by atoms with van der Waals surface area (Å²) < 4.78 is 15.8. The third-order valence-electron chi connectivity index (χ3n) is 4.30. The van der Waals surface area contributed by atoms with E-state index < -0.39 is 35.3 Å². The van der Waals surface area contributed by atoms with Crippen LogP contribution < -0.4 is 17.1 Å². The fourth-order valence-corrected chi connectivity index (χ4v) is 2.86. The summed E-state index contributed by atoms with van der Waals surface area (Å²) in [5.41, 5.74) is -2.01. The number of hydrogen-bond donors (Lipinski definition) is 0. The Balaban J connectivity index is 2.43. The summed E-state index contributed by atoms with van der Waals surface area (Å²) in [7, 11) is 0. The average molecular weight is 402 g/mol. The monoisotopic (exact) mass is 402 g/mol. The van der Waals surface area contributed by atoms with Crippen LogP contribution in [-0.2, 0) is 31.0 Å². The predicted molar refractivity (Wildman–Crippen MR) is 107 cm³/mol. The van der Waals surface area contributed by atoms with Crippen LogP contribution in [-0.4, -0.2) is 31.1 Å². The van der Waals surface area contributed by atoms with E-state index in [0.29, 0.717) is 10.1 Å². The first-order valence-corrected chi connectivity index (χ1v) is 9.02. The van der Waals surface area contributed by atoms with Gasteiger partial charge in [-0.3, -0.25) is 4.79 Å². The van der Waals surface area contributed by atoms with Gasteiger partial charge in [-0.2, -0.15) is 0 Å². The fraction of sp³-hybridized carbons (Fsp3) is 0.300. The summed E-state index contributed by atoms with van der Waals surface area (Å²) in [6.07, 6.45) is 2.69. The SMILES string of the molecule is C=CCn1c(=O)n(CC=C)c(=O)n(CC(=O)N(CC)Cc2cccc(F)c2)c1=O. The lowest BCUT2D eigenvalue weighted by Gasteiger charge is -2.22. The fourth-order valence-electron chi connectivity index (χ4n) is 2.86. The number of halogens is 1. The van der Waals surface area contributed by atoms with Crippen LogP contribution in [0.2, 0.25) is 0 Å². The summed E-state index contributed by atoms with van der Waals surface area (Å²) in [4.78, 5) is 51.8. The Kier molecular flexibility index (Phi) is 7.24. The van der Waals surface area contributed by atoms with Gasteiger partial charge >= 0.3 is 17.1 Å². The quantitative estimate of drug-likeness (QED) is 0.579. The highest BCUT2D eigenvalue weighted by atomic mass is 19.1. The molecule has 2 aromatic rings. The van der Waals surface area contributed by atoms with Crippen LogP contribution >= 0.6 is 0 Å². The van der Waals surface area contributed by atoms with Crippen LogP contribution in [0, 0.1) is 5.82 Å². The molecular formula is C20H23FN4O4. The molecule has 0 unspecified atom stereocenters. The Morgan fingerprint density at radius 3 is 2.07 bits per heavy atom. The van der Waals surface area contributed by atoms with Crippen molar-refractivity contribution in [3.63, 3.8) is 0 Å². The molecule has 0 atom stereocenters. The summed E-state index contributed by atoms with van der Waals surface area (Å²) in [5, 5.41) is 0. The molecule has 0 aliphatic rings. The molecule has 1 aromatic heterocycles. The first-order valence-electron chi connectivity index (χ1n) is 9.02. The maximum atomic E-state index is 13.4. The lowest BCUT2D eigenvalue weighted by atomic mass is 10.2. The number of hydrogen-bond acceptors (Lipinski definition) is 4. The molecule has 1 heterocycles. The lowest BCUT2D eigenvalue weighted by Crippen LogP contribution is -2.55. The molecule has 1 aromatic carbocycles. The topological polar surface area (TPSA) is 86.3 Å². The van der Waals surface area contributed by atoms with Gasteiger partial charge in [0, 0.05) is 13.1 Å². The predicted octanol–water partition coefficient (Wildman–Crippen LogP) is 0.731. The highest BCUT2D eigenvalue weighted by molar-refractivity contribution is 5.75. The number of amides is 1. The van der Waals surface area contributed by atoms with E-state index in [1.165, 1.54) is 35.3 Å². The largest absolute Gasteiger partial charge is 0.337 e. The minimum absolute atomic E-state index is 0.107. The van der Waals surface area contributed by atoms with Gasteiger partial charge in [0.2, 0.25) is 5.91 Å². The van der Waals surface area contributed by atoms with Gasteiger partial charge in [-0.05, 0) is 24.6 Å². The maximum absolute atomic E-state index is 13.4. The normalized spacial score (nSPS) is 10.6. The van der Waals surface area contributed by atoms with Gasteiger partial charge in [0.05, 0.1) is 13.1 Å². The second-order valence-corrected chi connectivity index (χ2v) is 6.27. The zero-order chi connectivity index (χ0) is 21.6. The van der Waals surface area contributed by atoms with Crippen LogP contribution in [0.5, 0.6) is 0 Å². The average Bonchev–Trinajstić information content (AvgIpc) is 2.70. The molecule has 0 aliphatic carbocycles. The Hall–Kier alpha value is -3.49. The molecule has 2 rings (SSSR count). The first kappa shape index (κ1) is 21.8. The van der Waals surface area contributed by atoms with E-state index in [-0.39, 0.29) is 26.2 Å². The van der Waals surface area contributed by atoms with Crippen molar-refractivity contribution in [1.82, 2.24) is 18.6 Å². The van der Waals surface area contributed by atoms with Crippen LogP contribution in [0.1, 0.15) is 12.5 Å². The van der Waals surface area contributed by atoms with E-state index in [9.17, 15) is 23.6 Å². The molecule has 0 bridgehead atoms. The van der Waals surface area contributed by atoms with Crippen molar-refractivity contribution in [2.45, 2.75) is 33.1 Å². The number of benzene rings is 1. The smallest absolute Gasteiger partial charge is 0.337 e. The highest BCUT2D eigenvalue weighted by Gasteiger charge is 2.19. The van der Waals surface area contributed by atoms with Crippen molar-refractivity contribution >= 4 is 5.91 Å². The number of aromatic nitrogens is 3. The summed E-state index contributed by atoms with van der Waals surface area (Å²) >= 11 is 0. The summed E-state index contributed by atoms with van der Waals surface area (Å²) in [5.74, 6) is -0.934. The number of rotatable bonds is 9. The molecular weight excluding hydrogens is 379 g/mol. The standard InChI is InChI=1S/C20H23FN4O4/c1-4-10-23-18(27)24(11-5-2)20(29)25(19(23)28)14-17(26)22(6-3)13-15-8-7-9-16(21)12-15/h4-5,7-9,12H,1-2,6,10-11,13-14H2,3H3. The molecule has 0 saturated carbocycles. The van der Waals surface area contributed by atoms with E-state index in [2.05, 4.69) is 13.2 Å². The Labute approximate surface area is 166 Å². The number of carbonyl (C=O) groups excluding carboxylic acids is 1. The van der Waals surface area contributed by atoms with Gasteiger partial charge in [-0.15, -0.1) is 13.2 Å². The van der Waals surface area contributed by atoms with Crippen LogP contribution in [0.15, 0.2) is 64.0 Å². The zero-order valence-electron chi connectivity index (χ0n) is 16.2. The molecule has 0 fully saturated rings. The van der Waals surface area contributed by atoms with Crippen molar-refractivity contribution in [2.75, 3.05) is 6.54 Å². The third-order valence-corrected chi connectivity index (χ3v) is 4.30. The van der Waals surface area contributed by atoms with Gasteiger partial charge < -0.3 is 4.90 Å². The molecule has 0 N–H and O–H groups in total. The Bertz CT molecular complexity index is 1050. The third kappa shape index (κ3) is 4.87. The molecule has 0 saturated heterocycles. The van der Waals surface area contributed by atoms with Gasteiger partial charge in [0.1, 0.15) is 12.4 Å². The molecule has 154 valence electrons. The van der Waals surface area contributed by atoms with Gasteiger partial charge in [0.15, 0.2) is 0 Å².